The van der Waals surface area contributed by atoms with Crippen molar-refractivity contribution in [1.29, 1.82) is 0 Å². The Kier molecular flexibility index (Phi) is 5.22. The van der Waals surface area contributed by atoms with Crippen LogP contribution in [0.15, 0.2) is 0 Å². The molecule has 1 amide bonds. The number of hydrogen-bond acceptors (Lipinski definition) is 3. The summed E-state index contributed by atoms with van der Waals surface area (Å²) in [6.07, 6.45) is 6.99. The number of likely N-dealkylation sites (tertiary alicyclic amines) is 1. The quantitative estimate of drug-likeness (QED) is 0.842. The van der Waals surface area contributed by atoms with Crippen LogP contribution in [0.5, 0.6) is 0 Å². The van der Waals surface area contributed by atoms with E-state index in [2.05, 4.69) is 11.8 Å². The van der Waals surface area contributed by atoms with Crippen molar-refractivity contribution >= 4 is 5.91 Å². The van der Waals surface area contributed by atoms with Crippen LogP contribution in [0.25, 0.3) is 0 Å². The highest BCUT2D eigenvalue weighted by atomic mass is 16.2. The molecule has 1 aliphatic heterocycles. The van der Waals surface area contributed by atoms with Crippen LogP contribution in [0.2, 0.25) is 0 Å². The summed E-state index contributed by atoms with van der Waals surface area (Å²) in [7, 11) is 1.99. The first kappa shape index (κ1) is 14.8. The predicted molar refractivity (Wildman–Crippen MR) is 77.8 cm³/mol. The SMILES string of the molecule is CC1CCCC(N(C)C(=O)CN2CCC(N)CC2)C1. The lowest BCUT2D eigenvalue weighted by Gasteiger charge is -2.36. The smallest absolute Gasteiger partial charge is 0.236 e. The van der Waals surface area contributed by atoms with Crippen LogP contribution in [-0.4, -0.2) is 54.5 Å². The fourth-order valence-electron chi connectivity index (χ4n) is 3.37. The molecular formula is C15H29N3O. The van der Waals surface area contributed by atoms with Crippen LogP contribution in [0.4, 0.5) is 0 Å². The predicted octanol–water partition coefficient (Wildman–Crippen LogP) is 1.45. The number of rotatable bonds is 3. The van der Waals surface area contributed by atoms with Crippen LogP contribution in [0, 0.1) is 5.92 Å². The third-order valence-corrected chi connectivity index (χ3v) is 4.84. The van der Waals surface area contributed by atoms with Gasteiger partial charge in [0.25, 0.3) is 0 Å². The Morgan fingerprint density at radius 3 is 2.58 bits per heavy atom. The summed E-state index contributed by atoms with van der Waals surface area (Å²) >= 11 is 0. The molecule has 4 nitrogen and oxygen atoms in total. The van der Waals surface area contributed by atoms with Crippen molar-refractivity contribution in [3.8, 4) is 0 Å². The van der Waals surface area contributed by atoms with Gasteiger partial charge in [0.05, 0.1) is 6.54 Å². The number of carbonyl (C=O) groups is 1. The van der Waals surface area contributed by atoms with E-state index in [1.807, 2.05) is 11.9 Å². The summed E-state index contributed by atoms with van der Waals surface area (Å²) in [5, 5.41) is 0. The van der Waals surface area contributed by atoms with Crippen LogP contribution < -0.4 is 5.73 Å². The number of carbonyl (C=O) groups excluding carboxylic acids is 1. The normalized spacial score (nSPS) is 30.3. The second kappa shape index (κ2) is 6.71. The van der Waals surface area contributed by atoms with Gasteiger partial charge < -0.3 is 10.6 Å². The van der Waals surface area contributed by atoms with Gasteiger partial charge in [-0.2, -0.15) is 0 Å². The Morgan fingerprint density at radius 1 is 1.26 bits per heavy atom. The molecule has 110 valence electrons. The van der Waals surface area contributed by atoms with Gasteiger partial charge in [-0.05, 0) is 31.6 Å². The topological polar surface area (TPSA) is 49.6 Å². The molecule has 19 heavy (non-hydrogen) atoms. The molecule has 2 fully saturated rings. The lowest BCUT2D eigenvalue weighted by Crippen LogP contribution is -2.48. The zero-order valence-electron chi connectivity index (χ0n) is 12.5. The zero-order chi connectivity index (χ0) is 13.8. The maximum atomic E-state index is 12.4. The average Bonchev–Trinajstić information content (AvgIpc) is 2.40. The summed E-state index contributed by atoms with van der Waals surface area (Å²) in [5.74, 6) is 1.05. The maximum Gasteiger partial charge on any atom is 0.236 e. The third kappa shape index (κ3) is 4.18. The molecule has 1 saturated carbocycles. The molecule has 1 aliphatic carbocycles. The van der Waals surface area contributed by atoms with Crippen molar-refractivity contribution in [2.24, 2.45) is 11.7 Å². The van der Waals surface area contributed by atoms with Gasteiger partial charge in [0, 0.05) is 32.2 Å². The first-order chi connectivity index (χ1) is 9.06. The van der Waals surface area contributed by atoms with Crippen LogP contribution in [-0.2, 0) is 4.79 Å². The minimum Gasteiger partial charge on any atom is -0.342 e. The first-order valence-electron chi connectivity index (χ1n) is 7.80. The monoisotopic (exact) mass is 267 g/mol. The van der Waals surface area contributed by atoms with E-state index >= 15 is 0 Å². The van der Waals surface area contributed by atoms with Crippen molar-refractivity contribution in [2.75, 3.05) is 26.7 Å². The second-order valence-electron chi connectivity index (χ2n) is 6.54. The van der Waals surface area contributed by atoms with Gasteiger partial charge in [-0.1, -0.05) is 19.8 Å². The molecule has 2 N–H and O–H groups in total. The fourth-order valence-corrected chi connectivity index (χ4v) is 3.37. The van der Waals surface area contributed by atoms with Crippen molar-refractivity contribution in [3.63, 3.8) is 0 Å². The van der Waals surface area contributed by atoms with Gasteiger partial charge in [0.1, 0.15) is 0 Å². The maximum absolute atomic E-state index is 12.4. The number of likely N-dealkylation sites (N-methyl/N-ethyl adjacent to an activating group) is 1. The van der Waals surface area contributed by atoms with Crippen molar-refractivity contribution in [2.45, 2.75) is 57.5 Å². The molecule has 2 unspecified atom stereocenters. The van der Waals surface area contributed by atoms with Crippen molar-refractivity contribution < 1.29 is 4.79 Å². The van der Waals surface area contributed by atoms with E-state index in [4.69, 9.17) is 5.73 Å². The molecule has 2 aliphatic rings. The van der Waals surface area contributed by atoms with Crippen molar-refractivity contribution in [3.05, 3.63) is 0 Å². The van der Waals surface area contributed by atoms with Crippen molar-refractivity contribution in [1.82, 2.24) is 9.80 Å². The second-order valence-corrected chi connectivity index (χ2v) is 6.54. The zero-order valence-corrected chi connectivity index (χ0v) is 12.5. The number of piperidine rings is 1. The van der Waals surface area contributed by atoms with Gasteiger partial charge in [-0.15, -0.1) is 0 Å². The number of hydrogen-bond donors (Lipinski definition) is 1. The minimum atomic E-state index is 0.287. The highest BCUT2D eigenvalue weighted by molar-refractivity contribution is 5.78. The lowest BCUT2D eigenvalue weighted by molar-refractivity contribution is -0.134. The molecule has 0 aromatic rings. The number of amides is 1. The van der Waals surface area contributed by atoms with Gasteiger partial charge in [-0.3, -0.25) is 9.69 Å². The minimum absolute atomic E-state index is 0.287. The third-order valence-electron chi connectivity index (χ3n) is 4.84. The highest BCUT2D eigenvalue weighted by Crippen LogP contribution is 2.26. The molecule has 0 spiro atoms. The molecule has 0 aromatic heterocycles. The van der Waals surface area contributed by atoms with Crippen LogP contribution in [0.3, 0.4) is 0 Å². The molecule has 2 atom stereocenters. The van der Waals surface area contributed by atoms with Gasteiger partial charge in [-0.25, -0.2) is 0 Å². The molecule has 0 radical (unpaired) electrons. The Morgan fingerprint density at radius 2 is 1.95 bits per heavy atom. The van der Waals surface area contributed by atoms with Crippen LogP contribution >= 0.6 is 0 Å². The summed E-state index contributed by atoms with van der Waals surface area (Å²) in [6.45, 7) is 4.83. The van der Waals surface area contributed by atoms with E-state index in [1.165, 1.54) is 25.7 Å². The van der Waals surface area contributed by atoms with Gasteiger partial charge in [0.15, 0.2) is 0 Å². The van der Waals surface area contributed by atoms with E-state index in [-0.39, 0.29) is 5.91 Å². The fraction of sp³-hybridized carbons (Fsp3) is 0.933. The number of nitrogens with two attached hydrogens (primary N) is 1. The van der Waals surface area contributed by atoms with Gasteiger partial charge >= 0.3 is 0 Å². The summed E-state index contributed by atoms with van der Waals surface area (Å²) in [4.78, 5) is 16.6. The Balaban J connectivity index is 1.78. The Hall–Kier alpha value is -0.610. The summed E-state index contributed by atoms with van der Waals surface area (Å²) < 4.78 is 0. The average molecular weight is 267 g/mol. The van der Waals surface area contributed by atoms with E-state index in [0.29, 0.717) is 18.6 Å². The largest absolute Gasteiger partial charge is 0.342 e. The number of nitrogens with zero attached hydrogens (tertiary/aromatic N) is 2. The van der Waals surface area contributed by atoms with E-state index in [9.17, 15) is 4.79 Å². The molecule has 0 aromatic carbocycles. The molecule has 4 heteroatoms. The summed E-state index contributed by atoms with van der Waals surface area (Å²) in [6, 6.07) is 0.798. The Labute approximate surface area is 117 Å². The van der Waals surface area contributed by atoms with E-state index in [0.717, 1.165) is 31.8 Å². The van der Waals surface area contributed by atoms with Crippen LogP contribution in [0.1, 0.15) is 45.4 Å². The molecule has 1 saturated heterocycles. The van der Waals surface area contributed by atoms with E-state index < -0.39 is 0 Å². The lowest BCUT2D eigenvalue weighted by atomic mass is 9.86. The van der Waals surface area contributed by atoms with E-state index in [1.54, 1.807) is 0 Å². The molecule has 2 rings (SSSR count). The molecular weight excluding hydrogens is 238 g/mol. The molecule has 0 bridgehead atoms. The highest BCUT2D eigenvalue weighted by Gasteiger charge is 2.27. The Bertz CT molecular complexity index is 300. The standard InChI is InChI=1S/C15H29N3O/c1-12-4-3-5-14(10-12)17(2)15(19)11-18-8-6-13(16)7-9-18/h12-14H,3-11,16H2,1-2H3. The van der Waals surface area contributed by atoms with Gasteiger partial charge in [0.2, 0.25) is 5.91 Å². The summed E-state index contributed by atoms with van der Waals surface area (Å²) in [5.41, 5.74) is 5.90. The first-order valence-corrected chi connectivity index (χ1v) is 7.80. The molecule has 1 heterocycles.